The van der Waals surface area contributed by atoms with Crippen molar-refractivity contribution in [3.63, 3.8) is 0 Å². The SMILES string of the molecule is CCCCNc1nc(C)cc(N2CCCCC2)n1. The first-order valence-electron chi connectivity index (χ1n) is 7.14. The number of hydrogen-bond donors (Lipinski definition) is 1. The molecular formula is C14H24N4. The van der Waals surface area contributed by atoms with Crippen LogP contribution in [0.1, 0.15) is 44.7 Å². The van der Waals surface area contributed by atoms with Gasteiger partial charge < -0.3 is 10.2 Å². The van der Waals surface area contributed by atoms with Gasteiger partial charge in [0.25, 0.3) is 0 Å². The molecule has 4 nitrogen and oxygen atoms in total. The van der Waals surface area contributed by atoms with Gasteiger partial charge in [-0.1, -0.05) is 13.3 Å². The first-order valence-corrected chi connectivity index (χ1v) is 7.14. The average molecular weight is 248 g/mol. The zero-order chi connectivity index (χ0) is 12.8. The maximum absolute atomic E-state index is 4.63. The van der Waals surface area contributed by atoms with Gasteiger partial charge in [0.1, 0.15) is 5.82 Å². The summed E-state index contributed by atoms with van der Waals surface area (Å²) in [4.78, 5) is 11.5. The van der Waals surface area contributed by atoms with Gasteiger partial charge in [-0.2, -0.15) is 4.98 Å². The molecule has 0 aliphatic carbocycles. The summed E-state index contributed by atoms with van der Waals surface area (Å²) < 4.78 is 0. The van der Waals surface area contributed by atoms with E-state index in [1.54, 1.807) is 0 Å². The fraction of sp³-hybridized carbons (Fsp3) is 0.714. The highest BCUT2D eigenvalue weighted by atomic mass is 15.2. The van der Waals surface area contributed by atoms with Gasteiger partial charge in [-0.25, -0.2) is 4.98 Å². The van der Waals surface area contributed by atoms with Gasteiger partial charge in [0, 0.05) is 31.4 Å². The van der Waals surface area contributed by atoms with E-state index >= 15 is 0 Å². The Bertz CT molecular complexity index is 372. The molecule has 18 heavy (non-hydrogen) atoms. The van der Waals surface area contributed by atoms with Gasteiger partial charge in [-0.3, -0.25) is 0 Å². The minimum absolute atomic E-state index is 0.782. The second kappa shape index (κ2) is 6.57. The third-order valence-electron chi connectivity index (χ3n) is 3.33. The maximum atomic E-state index is 4.63. The Balaban J connectivity index is 2.05. The number of piperidine rings is 1. The van der Waals surface area contributed by atoms with Crippen LogP contribution in [0.15, 0.2) is 6.07 Å². The van der Waals surface area contributed by atoms with Crippen molar-refractivity contribution in [2.24, 2.45) is 0 Å². The Hall–Kier alpha value is -1.32. The van der Waals surface area contributed by atoms with Crippen molar-refractivity contribution in [2.75, 3.05) is 29.9 Å². The van der Waals surface area contributed by atoms with E-state index in [2.05, 4.69) is 33.2 Å². The Morgan fingerprint density at radius 2 is 2.00 bits per heavy atom. The number of nitrogens with zero attached hydrogens (tertiary/aromatic N) is 3. The number of hydrogen-bond acceptors (Lipinski definition) is 4. The first kappa shape index (κ1) is 13.1. The minimum atomic E-state index is 0.782. The van der Waals surface area contributed by atoms with Crippen molar-refractivity contribution in [3.8, 4) is 0 Å². The van der Waals surface area contributed by atoms with Crippen LogP contribution in [0.5, 0.6) is 0 Å². The Labute approximate surface area is 110 Å². The van der Waals surface area contributed by atoms with Crippen molar-refractivity contribution >= 4 is 11.8 Å². The molecule has 1 aliphatic heterocycles. The number of aromatic nitrogens is 2. The van der Waals surface area contributed by atoms with E-state index in [1.165, 1.54) is 25.7 Å². The molecule has 0 unspecified atom stereocenters. The Kier molecular flexibility index (Phi) is 4.79. The lowest BCUT2D eigenvalue weighted by Crippen LogP contribution is -2.30. The molecule has 0 amide bonds. The van der Waals surface area contributed by atoms with Crippen LogP contribution >= 0.6 is 0 Å². The standard InChI is InChI=1S/C14H24N4/c1-3-4-8-15-14-16-12(2)11-13(17-14)18-9-6-5-7-10-18/h11H,3-10H2,1-2H3,(H,15,16,17). The summed E-state index contributed by atoms with van der Waals surface area (Å²) in [6.07, 6.45) is 6.26. The summed E-state index contributed by atoms with van der Waals surface area (Å²) in [5, 5.41) is 3.32. The molecule has 0 saturated carbocycles. The molecule has 0 spiro atoms. The number of unbranched alkanes of at least 4 members (excludes halogenated alkanes) is 1. The smallest absolute Gasteiger partial charge is 0.224 e. The van der Waals surface area contributed by atoms with Gasteiger partial charge in [-0.15, -0.1) is 0 Å². The van der Waals surface area contributed by atoms with Crippen molar-refractivity contribution in [1.82, 2.24) is 9.97 Å². The van der Waals surface area contributed by atoms with E-state index in [4.69, 9.17) is 0 Å². The van der Waals surface area contributed by atoms with E-state index in [-0.39, 0.29) is 0 Å². The molecule has 100 valence electrons. The van der Waals surface area contributed by atoms with Crippen LogP contribution in [0.3, 0.4) is 0 Å². The Morgan fingerprint density at radius 1 is 1.22 bits per heavy atom. The third-order valence-corrected chi connectivity index (χ3v) is 3.33. The van der Waals surface area contributed by atoms with Crippen LogP contribution in [0.25, 0.3) is 0 Å². The second-order valence-electron chi connectivity index (χ2n) is 5.02. The van der Waals surface area contributed by atoms with Gasteiger partial charge in [-0.05, 0) is 32.6 Å². The van der Waals surface area contributed by atoms with Crippen LogP contribution in [-0.4, -0.2) is 29.6 Å². The molecule has 1 aromatic rings. The third kappa shape index (κ3) is 3.59. The van der Waals surface area contributed by atoms with Crippen LogP contribution in [-0.2, 0) is 0 Å². The highest BCUT2D eigenvalue weighted by Gasteiger charge is 2.13. The molecule has 0 atom stereocenters. The van der Waals surface area contributed by atoms with E-state index in [0.717, 1.165) is 43.5 Å². The largest absolute Gasteiger partial charge is 0.356 e. The van der Waals surface area contributed by atoms with Crippen molar-refractivity contribution in [1.29, 1.82) is 0 Å². The van der Waals surface area contributed by atoms with Crippen LogP contribution in [0.4, 0.5) is 11.8 Å². The molecule has 1 fully saturated rings. The number of nitrogens with one attached hydrogen (secondary N) is 1. The minimum Gasteiger partial charge on any atom is -0.356 e. The van der Waals surface area contributed by atoms with E-state index in [1.807, 2.05) is 6.92 Å². The normalized spacial score (nSPS) is 15.8. The maximum Gasteiger partial charge on any atom is 0.224 e. The topological polar surface area (TPSA) is 41.1 Å². The number of aryl methyl sites for hydroxylation is 1. The summed E-state index contributed by atoms with van der Waals surface area (Å²) in [6.45, 7) is 7.45. The predicted molar refractivity (Wildman–Crippen MR) is 76.2 cm³/mol. The van der Waals surface area contributed by atoms with E-state index < -0.39 is 0 Å². The quantitative estimate of drug-likeness (QED) is 0.813. The fourth-order valence-electron chi connectivity index (χ4n) is 2.29. The van der Waals surface area contributed by atoms with Gasteiger partial charge >= 0.3 is 0 Å². The molecule has 2 heterocycles. The number of anilines is 2. The molecule has 1 aliphatic rings. The lowest BCUT2D eigenvalue weighted by atomic mass is 10.1. The van der Waals surface area contributed by atoms with Crippen molar-refractivity contribution in [2.45, 2.75) is 46.0 Å². The Morgan fingerprint density at radius 3 is 2.72 bits per heavy atom. The van der Waals surface area contributed by atoms with E-state index in [9.17, 15) is 0 Å². The molecule has 0 aromatic carbocycles. The van der Waals surface area contributed by atoms with Crippen LogP contribution < -0.4 is 10.2 Å². The lowest BCUT2D eigenvalue weighted by molar-refractivity contribution is 0.573. The monoisotopic (exact) mass is 248 g/mol. The molecule has 1 saturated heterocycles. The van der Waals surface area contributed by atoms with Crippen LogP contribution in [0.2, 0.25) is 0 Å². The predicted octanol–water partition coefficient (Wildman–Crippen LogP) is 2.99. The highest BCUT2D eigenvalue weighted by molar-refractivity contribution is 5.45. The van der Waals surface area contributed by atoms with Crippen LogP contribution in [0, 0.1) is 6.92 Å². The summed E-state index contributed by atoms with van der Waals surface area (Å²) >= 11 is 0. The summed E-state index contributed by atoms with van der Waals surface area (Å²) in [7, 11) is 0. The molecule has 0 bridgehead atoms. The summed E-state index contributed by atoms with van der Waals surface area (Å²) in [6, 6.07) is 2.09. The first-order chi connectivity index (χ1) is 8.79. The zero-order valence-electron chi connectivity index (χ0n) is 11.6. The van der Waals surface area contributed by atoms with Crippen molar-refractivity contribution in [3.05, 3.63) is 11.8 Å². The summed E-state index contributed by atoms with van der Waals surface area (Å²) in [5.74, 6) is 1.87. The zero-order valence-corrected chi connectivity index (χ0v) is 11.6. The van der Waals surface area contributed by atoms with Gasteiger partial charge in [0.05, 0.1) is 0 Å². The van der Waals surface area contributed by atoms with E-state index in [0.29, 0.717) is 0 Å². The molecule has 1 aromatic heterocycles. The highest BCUT2D eigenvalue weighted by Crippen LogP contribution is 2.19. The average Bonchev–Trinajstić information content (AvgIpc) is 2.39. The summed E-state index contributed by atoms with van der Waals surface area (Å²) in [5.41, 5.74) is 1.05. The molecule has 2 rings (SSSR count). The molecule has 4 heteroatoms. The fourth-order valence-corrected chi connectivity index (χ4v) is 2.29. The lowest BCUT2D eigenvalue weighted by Gasteiger charge is -2.28. The second-order valence-corrected chi connectivity index (χ2v) is 5.02. The molecular weight excluding hydrogens is 224 g/mol. The van der Waals surface area contributed by atoms with Gasteiger partial charge in [0.2, 0.25) is 5.95 Å². The number of rotatable bonds is 5. The van der Waals surface area contributed by atoms with Crippen molar-refractivity contribution < 1.29 is 0 Å². The molecule has 0 radical (unpaired) electrons. The molecule has 1 N–H and O–H groups in total. The van der Waals surface area contributed by atoms with Gasteiger partial charge in [0.15, 0.2) is 0 Å².